The monoisotopic (exact) mass is 411 g/mol. The van der Waals surface area contributed by atoms with Crippen LogP contribution >= 0.6 is 0 Å². The third-order valence-electron chi connectivity index (χ3n) is 5.39. The van der Waals surface area contributed by atoms with Crippen LogP contribution in [0, 0.1) is 0 Å². The van der Waals surface area contributed by atoms with Crippen molar-refractivity contribution in [3.8, 4) is 5.75 Å². The molecule has 0 bridgehead atoms. The van der Waals surface area contributed by atoms with E-state index in [0.29, 0.717) is 30.8 Å². The normalized spacial score (nSPS) is 17.0. The maximum Gasteiger partial charge on any atom is 0.414 e. The van der Waals surface area contributed by atoms with E-state index in [-0.39, 0.29) is 30.2 Å². The third kappa shape index (κ3) is 4.27. The van der Waals surface area contributed by atoms with Crippen LogP contribution in [-0.2, 0) is 19.7 Å². The molecule has 0 radical (unpaired) electrons. The van der Waals surface area contributed by atoms with Crippen LogP contribution in [0.3, 0.4) is 0 Å². The van der Waals surface area contributed by atoms with Crippen LogP contribution in [0.5, 0.6) is 5.75 Å². The molecule has 0 fully saturated rings. The average Bonchev–Trinajstić information content (AvgIpc) is 2.70. The van der Waals surface area contributed by atoms with Gasteiger partial charge >= 0.3 is 12.1 Å². The van der Waals surface area contributed by atoms with Crippen molar-refractivity contribution < 1.29 is 24.2 Å². The fourth-order valence-electron chi connectivity index (χ4n) is 4.00. The van der Waals surface area contributed by atoms with Crippen LogP contribution in [0.2, 0.25) is 0 Å². The van der Waals surface area contributed by atoms with Crippen LogP contribution in [0.4, 0.5) is 4.79 Å². The van der Waals surface area contributed by atoms with Gasteiger partial charge in [-0.1, -0.05) is 32.1 Å². The molecule has 160 valence electrons. The third-order valence-corrected chi connectivity index (χ3v) is 5.39. The Morgan fingerprint density at radius 1 is 1.17 bits per heavy atom. The zero-order valence-corrected chi connectivity index (χ0v) is 18.0. The Balaban J connectivity index is 2.07. The summed E-state index contributed by atoms with van der Waals surface area (Å²) >= 11 is 0. The molecule has 1 heterocycles. The van der Waals surface area contributed by atoms with Crippen molar-refractivity contribution in [3.63, 3.8) is 0 Å². The lowest BCUT2D eigenvalue weighted by molar-refractivity contribution is -0.141. The van der Waals surface area contributed by atoms with E-state index in [0.717, 1.165) is 16.7 Å². The molecule has 0 unspecified atom stereocenters. The predicted molar refractivity (Wildman–Crippen MR) is 116 cm³/mol. The number of nitrogens with zero attached hydrogens (tertiary/aromatic N) is 1. The number of carbonyl (C=O) groups is 2. The number of hydrogen-bond donors (Lipinski definition) is 1. The van der Waals surface area contributed by atoms with Gasteiger partial charge in [-0.05, 0) is 55.0 Å². The number of esters is 1. The number of aromatic hydroxyl groups is 1. The van der Waals surface area contributed by atoms with E-state index in [1.54, 1.807) is 19.9 Å². The van der Waals surface area contributed by atoms with Crippen LogP contribution in [0.15, 0.2) is 36.4 Å². The Morgan fingerprint density at radius 2 is 1.90 bits per heavy atom. The number of phenols is 1. The standard InChI is InChI=1S/C24H29NO5/c1-5-29-21(27)15-16-10-11-24(3,4)22-18(16)13-17(14-20(22)26)19-9-7-8-12-25(19)23(28)30-6-2/h7-10,13-14,26H,5-6,11-12,15H2,1-4H3. The van der Waals surface area contributed by atoms with Gasteiger partial charge in [0.1, 0.15) is 5.75 Å². The first-order valence-electron chi connectivity index (χ1n) is 10.3. The van der Waals surface area contributed by atoms with E-state index in [2.05, 4.69) is 13.8 Å². The molecular weight excluding hydrogens is 382 g/mol. The van der Waals surface area contributed by atoms with Gasteiger partial charge in [0.25, 0.3) is 0 Å². The highest BCUT2D eigenvalue weighted by molar-refractivity contribution is 5.90. The van der Waals surface area contributed by atoms with Crippen molar-refractivity contribution in [1.29, 1.82) is 0 Å². The number of benzene rings is 1. The van der Waals surface area contributed by atoms with Crippen LogP contribution in [-0.4, -0.2) is 41.8 Å². The maximum atomic E-state index is 12.4. The molecule has 0 saturated heterocycles. The van der Waals surface area contributed by atoms with E-state index >= 15 is 0 Å². The van der Waals surface area contributed by atoms with Crippen LogP contribution in [0.1, 0.15) is 57.2 Å². The molecule has 3 rings (SSSR count). The van der Waals surface area contributed by atoms with Crippen molar-refractivity contribution in [2.75, 3.05) is 19.8 Å². The second kappa shape index (κ2) is 8.78. The first-order chi connectivity index (χ1) is 14.3. The van der Waals surface area contributed by atoms with Gasteiger partial charge in [0, 0.05) is 17.7 Å². The van der Waals surface area contributed by atoms with Crippen molar-refractivity contribution in [1.82, 2.24) is 4.90 Å². The number of carbonyl (C=O) groups excluding carboxylic acids is 2. The highest BCUT2D eigenvalue weighted by atomic mass is 16.6. The second-order valence-corrected chi connectivity index (χ2v) is 8.01. The molecule has 2 aliphatic rings. The quantitative estimate of drug-likeness (QED) is 0.706. The minimum absolute atomic E-state index is 0.139. The maximum absolute atomic E-state index is 12.4. The lowest BCUT2D eigenvalue weighted by Gasteiger charge is -2.34. The van der Waals surface area contributed by atoms with E-state index < -0.39 is 6.09 Å². The number of allylic oxidation sites excluding steroid dienone is 3. The van der Waals surface area contributed by atoms with Gasteiger partial charge in [0.15, 0.2) is 0 Å². The predicted octanol–water partition coefficient (Wildman–Crippen LogP) is 4.78. The van der Waals surface area contributed by atoms with Crippen molar-refractivity contribution >= 4 is 23.3 Å². The van der Waals surface area contributed by atoms with Gasteiger partial charge in [-0.15, -0.1) is 0 Å². The van der Waals surface area contributed by atoms with Crippen LogP contribution < -0.4 is 0 Å². The van der Waals surface area contributed by atoms with Gasteiger partial charge in [-0.2, -0.15) is 0 Å². The van der Waals surface area contributed by atoms with E-state index in [4.69, 9.17) is 9.47 Å². The summed E-state index contributed by atoms with van der Waals surface area (Å²) in [5, 5.41) is 11.0. The van der Waals surface area contributed by atoms with Gasteiger partial charge in [0.05, 0.1) is 25.3 Å². The second-order valence-electron chi connectivity index (χ2n) is 8.01. The zero-order valence-electron chi connectivity index (χ0n) is 18.0. The molecule has 6 heteroatoms. The summed E-state index contributed by atoms with van der Waals surface area (Å²) < 4.78 is 10.3. The molecule has 1 amide bonds. The summed E-state index contributed by atoms with van der Waals surface area (Å²) in [6.45, 7) is 8.67. The van der Waals surface area contributed by atoms with Gasteiger partial charge in [0.2, 0.25) is 0 Å². The van der Waals surface area contributed by atoms with Gasteiger partial charge in [-0.25, -0.2) is 4.79 Å². The molecule has 6 nitrogen and oxygen atoms in total. The minimum atomic E-state index is -0.437. The fourth-order valence-corrected chi connectivity index (χ4v) is 4.00. The van der Waals surface area contributed by atoms with E-state index in [1.165, 1.54) is 4.90 Å². The smallest absolute Gasteiger partial charge is 0.414 e. The molecule has 0 spiro atoms. The lowest BCUT2D eigenvalue weighted by atomic mass is 9.71. The first kappa shape index (κ1) is 21.7. The summed E-state index contributed by atoms with van der Waals surface area (Å²) in [6.07, 6.45) is 8.02. The molecule has 1 aliphatic heterocycles. The summed E-state index contributed by atoms with van der Waals surface area (Å²) in [4.78, 5) is 26.1. The zero-order chi connectivity index (χ0) is 21.9. The number of phenolic OH excluding ortho intramolecular Hbond substituents is 1. The van der Waals surface area contributed by atoms with Gasteiger partial charge in [-0.3, -0.25) is 9.69 Å². The average molecular weight is 411 g/mol. The Kier molecular flexibility index (Phi) is 6.34. The first-order valence-corrected chi connectivity index (χ1v) is 10.3. The lowest BCUT2D eigenvalue weighted by Crippen LogP contribution is -2.32. The molecule has 0 saturated carbocycles. The highest BCUT2D eigenvalue weighted by Crippen LogP contribution is 2.46. The number of amides is 1. The molecule has 1 aromatic carbocycles. The summed E-state index contributed by atoms with van der Waals surface area (Å²) in [5.41, 5.74) is 3.51. The molecular formula is C24H29NO5. The van der Waals surface area contributed by atoms with Gasteiger partial charge < -0.3 is 14.6 Å². The summed E-state index contributed by atoms with van der Waals surface area (Å²) in [6, 6.07) is 3.63. The topological polar surface area (TPSA) is 76.1 Å². The Labute approximate surface area is 177 Å². The van der Waals surface area contributed by atoms with Crippen molar-refractivity contribution in [3.05, 3.63) is 53.1 Å². The minimum Gasteiger partial charge on any atom is -0.508 e. The molecule has 0 aromatic heterocycles. The fraction of sp³-hybridized carbons (Fsp3) is 0.417. The van der Waals surface area contributed by atoms with E-state index in [9.17, 15) is 14.7 Å². The molecule has 1 aliphatic carbocycles. The number of fused-ring (bicyclic) bond motifs is 1. The number of ether oxygens (including phenoxy) is 2. The van der Waals surface area contributed by atoms with Crippen molar-refractivity contribution in [2.24, 2.45) is 0 Å². The summed E-state index contributed by atoms with van der Waals surface area (Å²) in [7, 11) is 0. The highest BCUT2D eigenvalue weighted by Gasteiger charge is 2.33. The van der Waals surface area contributed by atoms with E-state index in [1.807, 2.05) is 30.4 Å². The summed E-state index contributed by atoms with van der Waals surface area (Å²) in [5.74, 6) is -0.145. The van der Waals surface area contributed by atoms with Crippen LogP contribution in [0.25, 0.3) is 11.3 Å². The SMILES string of the molecule is CCOC(=O)CC1=CCC(C)(C)c2c(O)cc(C3=CC=CCN3C(=O)OCC)cc21. The molecule has 30 heavy (non-hydrogen) atoms. The molecule has 0 atom stereocenters. The number of rotatable bonds is 5. The molecule has 1 N–H and O–H groups in total. The van der Waals surface area contributed by atoms with Crippen molar-refractivity contribution in [2.45, 2.75) is 46.0 Å². The number of hydrogen-bond acceptors (Lipinski definition) is 5. The largest absolute Gasteiger partial charge is 0.508 e. The Morgan fingerprint density at radius 3 is 2.60 bits per heavy atom. The Hall–Kier alpha value is -3.02. The Bertz CT molecular complexity index is 939. The molecule has 1 aromatic rings.